The first kappa shape index (κ1) is 16.5. The van der Waals surface area contributed by atoms with Gasteiger partial charge in [-0.2, -0.15) is 0 Å². The van der Waals surface area contributed by atoms with E-state index in [1.54, 1.807) is 6.08 Å². The van der Waals surface area contributed by atoms with E-state index in [4.69, 9.17) is 0 Å². The van der Waals surface area contributed by atoms with E-state index in [1.807, 2.05) is 41.7 Å². The van der Waals surface area contributed by atoms with Gasteiger partial charge >= 0.3 is 0 Å². The van der Waals surface area contributed by atoms with Gasteiger partial charge in [0.1, 0.15) is 0 Å². The molecule has 0 aliphatic heterocycles. The maximum absolute atomic E-state index is 13.3. The molecule has 0 bridgehead atoms. The number of nitrogens with zero attached hydrogens (tertiary/aromatic N) is 1. The van der Waals surface area contributed by atoms with Crippen molar-refractivity contribution >= 4 is 39.3 Å². The van der Waals surface area contributed by atoms with E-state index >= 15 is 0 Å². The molecule has 0 N–H and O–H groups in total. The molecule has 0 saturated carbocycles. The van der Waals surface area contributed by atoms with Gasteiger partial charge in [-0.05, 0) is 35.7 Å². The van der Waals surface area contributed by atoms with Crippen LogP contribution in [-0.2, 0) is 0 Å². The molecule has 2 nitrogen and oxygen atoms in total. The Morgan fingerprint density at radius 3 is 2.36 bits per heavy atom. The van der Waals surface area contributed by atoms with Crippen molar-refractivity contribution in [2.45, 2.75) is 6.92 Å². The normalized spacial score (nSPS) is 11.9. The molecule has 0 aliphatic rings. The molecule has 0 radical (unpaired) electrons. The van der Waals surface area contributed by atoms with Crippen molar-refractivity contribution in [3.63, 3.8) is 0 Å². The minimum Gasteiger partial charge on any atom is -0.275 e. The Morgan fingerprint density at radius 1 is 0.821 bits per heavy atom. The molecule has 5 rings (SSSR count). The van der Waals surface area contributed by atoms with Gasteiger partial charge < -0.3 is 0 Å². The lowest BCUT2D eigenvalue weighted by Gasteiger charge is -2.08. The number of aromatic nitrogens is 1. The first-order valence-corrected chi connectivity index (χ1v) is 9.41. The third-order valence-electron chi connectivity index (χ3n) is 5.45. The molecule has 0 spiro atoms. The van der Waals surface area contributed by atoms with Crippen molar-refractivity contribution in [2.24, 2.45) is 0 Å². The molecule has 0 aliphatic carbocycles. The van der Waals surface area contributed by atoms with Crippen LogP contribution in [0.1, 0.15) is 18.1 Å². The maximum atomic E-state index is 13.3. The minimum absolute atomic E-state index is 0.0192. The molecule has 134 valence electrons. The number of pyridine rings is 1. The molecule has 0 saturated heterocycles. The fourth-order valence-corrected chi connectivity index (χ4v) is 4.23. The highest BCUT2D eigenvalue weighted by molar-refractivity contribution is 6.16. The van der Waals surface area contributed by atoms with Crippen LogP contribution in [0.25, 0.3) is 50.5 Å². The average Bonchev–Trinajstić information content (AvgIpc) is 3.08. The minimum atomic E-state index is -0.0192. The molecular formula is C26H19NO. The van der Waals surface area contributed by atoms with E-state index in [9.17, 15) is 4.79 Å². The lowest BCUT2D eigenvalue weighted by atomic mass is 10.00. The Hall–Kier alpha value is -3.65. The van der Waals surface area contributed by atoms with E-state index < -0.39 is 0 Å². The second-order valence-electron chi connectivity index (χ2n) is 6.97. The van der Waals surface area contributed by atoms with Crippen molar-refractivity contribution in [3.8, 4) is 11.1 Å². The Kier molecular flexibility index (Phi) is 3.66. The molecule has 28 heavy (non-hydrogen) atoms. The fraction of sp³-hybridized carbons (Fsp3) is 0.0385. The van der Waals surface area contributed by atoms with Crippen LogP contribution in [0.2, 0.25) is 0 Å². The fourth-order valence-electron chi connectivity index (χ4n) is 4.23. The molecule has 3 aromatic carbocycles. The summed E-state index contributed by atoms with van der Waals surface area (Å²) in [7, 11) is 0. The number of fused-ring (bicyclic) bond motifs is 3. The molecule has 2 heterocycles. The standard InChI is InChI=1S/C26H19NO/c1-3-9-20-19(4-2)26(28)27-24-15-14-18(17-10-6-5-7-11-17)16-23(24)22-13-8-12-21(20)25(22)27/h3-16H,2H2,1H3/b9-3-. The van der Waals surface area contributed by atoms with Crippen LogP contribution in [-0.4, -0.2) is 4.40 Å². The number of allylic oxidation sites excluding steroid dienone is 1. The topological polar surface area (TPSA) is 21.5 Å². The number of rotatable bonds is 3. The van der Waals surface area contributed by atoms with Crippen molar-refractivity contribution in [3.05, 3.63) is 101 Å². The summed E-state index contributed by atoms with van der Waals surface area (Å²) in [5.41, 5.74) is 5.79. The lowest BCUT2D eigenvalue weighted by Crippen LogP contribution is -2.17. The van der Waals surface area contributed by atoms with Gasteiger partial charge in [0, 0.05) is 21.7 Å². The van der Waals surface area contributed by atoms with Gasteiger partial charge in [-0.1, -0.05) is 79.4 Å². The van der Waals surface area contributed by atoms with Gasteiger partial charge in [-0.25, -0.2) is 0 Å². The van der Waals surface area contributed by atoms with E-state index in [1.165, 1.54) is 5.56 Å². The molecule has 0 amide bonds. The number of para-hydroxylation sites is 1. The van der Waals surface area contributed by atoms with Crippen LogP contribution >= 0.6 is 0 Å². The van der Waals surface area contributed by atoms with Gasteiger partial charge in [-0.15, -0.1) is 0 Å². The van der Waals surface area contributed by atoms with Gasteiger partial charge in [0.25, 0.3) is 5.56 Å². The van der Waals surface area contributed by atoms with Crippen molar-refractivity contribution in [1.82, 2.24) is 4.40 Å². The molecular weight excluding hydrogens is 342 g/mol. The molecule has 0 atom stereocenters. The Balaban J connectivity index is 1.99. The summed E-state index contributed by atoms with van der Waals surface area (Å²) < 4.78 is 1.85. The summed E-state index contributed by atoms with van der Waals surface area (Å²) in [6, 6.07) is 22.9. The quantitative estimate of drug-likeness (QED) is 0.365. The first-order chi connectivity index (χ1) is 13.7. The first-order valence-electron chi connectivity index (χ1n) is 9.41. The highest BCUT2D eigenvalue weighted by Crippen LogP contribution is 2.35. The van der Waals surface area contributed by atoms with Gasteiger partial charge in [0.2, 0.25) is 0 Å². The van der Waals surface area contributed by atoms with Crippen LogP contribution in [0, 0.1) is 0 Å². The second kappa shape index (κ2) is 6.21. The summed E-state index contributed by atoms with van der Waals surface area (Å²) in [6.07, 6.45) is 5.64. The highest BCUT2D eigenvalue weighted by atomic mass is 16.1. The average molecular weight is 361 g/mol. The number of benzene rings is 3. The van der Waals surface area contributed by atoms with Crippen LogP contribution in [0.4, 0.5) is 0 Å². The van der Waals surface area contributed by atoms with Crippen LogP contribution in [0.15, 0.2) is 84.2 Å². The Morgan fingerprint density at radius 2 is 1.61 bits per heavy atom. The van der Waals surface area contributed by atoms with Crippen LogP contribution in [0.5, 0.6) is 0 Å². The third kappa shape index (κ3) is 2.18. The number of hydrogen-bond acceptors (Lipinski definition) is 1. The van der Waals surface area contributed by atoms with Crippen LogP contribution in [0.3, 0.4) is 0 Å². The molecule has 2 heteroatoms. The van der Waals surface area contributed by atoms with E-state index in [2.05, 4.69) is 55.1 Å². The van der Waals surface area contributed by atoms with Gasteiger partial charge in [-0.3, -0.25) is 9.20 Å². The van der Waals surface area contributed by atoms with E-state index in [0.29, 0.717) is 5.56 Å². The monoisotopic (exact) mass is 361 g/mol. The summed E-state index contributed by atoms with van der Waals surface area (Å²) >= 11 is 0. The van der Waals surface area contributed by atoms with Gasteiger partial charge in [0.15, 0.2) is 0 Å². The summed E-state index contributed by atoms with van der Waals surface area (Å²) in [6.45, 7) is 5.86. The number of hydrogen-bond donors (Lipinski definition) is 0. The van der Waals surface area contributed by atoms with Crippen molar-refractivity contribution in [2.75, 3.05) is 0 Å². The zero-order chi connectivity index (χ0) is 19.3. The molecule has 0 unspecified atom stereocenters. The molecule has 5 aromatic rings. The summed E-state index contributed by atoms with van der Waals surface area (Å²) in [5.74, 6) is 0. The largest absolute Gasteiger partial charge is 0.275 e. The smallest absolute Gasteiger partial charge is 0.263 e. The zero-order valence-electron chi connectivity index (χ0n) is 15.6. The Labute approximate surface area is 163 Å². The zero-order valence-corrected chi connectivity index (χ0v) is 15.6. The predicted molar refractivity (Wildman–Crippen MR) is 120 cm³/mol. The predicted octanol–water partition coefficient (Wildman–Crippen LogP) is 6.39. The highest BCUT2D eigenvalue weighted by Gasteiger charge is 2.18. The second-order valence-corrected chi connectivity index (χ2v) is 6.97. The van der Waals surface area contributed by atoms with Crippen LogP contribution < -0.4 is 5.56 Å². The van der Waals surface area contributed by atoms with E-state index in [-0.39, 0.29) is 5.56 Å². The lowest BCUT2D eigenvalue weighted by molar-refractivity contribution is 1.17. The SMILES string of the molecule is C=Cc1c(/C=C\C)c2cccc3c4cc(-c5ccccc5)ccc4n(c1=O)c23. The molecule has 0 fully saturated rings. The van der Waals surface area contributed by atoms with Crippen molar-refractivity contribution < 1.29 is 0 Å². The summed E-state index contributed by atoms with van der Waals surface area (Å²) in [4.78, 5) is 13.3. The Bertz CT molecular complexity index is 1440. The maximum Gasteiger partial charge on any atom is 0.263 e. The summed E-state index contributed by atoms with van der Waals surface area (Å²) in [5, 5.41) is 3.27. The van der Waals surface area contributed by atoms with Gasteiger partial charge in [0.05, 0.1) is 11.0 Å². The van der Waals surface area contributed by atoms with E-state index in [0.717, 1.165) is 38.3 Å². The molecule has 2 aromatic heterocycles. The third-order valence-corrected chi connectivity index (χ3v) is 5.45. The van der Waals surface area contributed by atoms with Crippen molar-refractivity contribution in [1.29, 1.82) is 0 Å².